The molecule has 0 fully saturated rings. The Hall–Kier alpha value is -7.78. The number of hydrogen-bond acceptors (Lipinski definition) is 1. The van der Waals surface area contributed by atoms with Gasteiger partial charge < -0.3 is 4.57 Å². The molecule has 14 rings (SSSR count). The van der Waals surface area contributed by atoms with Gasteiger partial charge in [0.25, 0.3) is 0 Å². The molecule has 2 heterocycles. The molecule has 1 nitrogen and oxygen atoms in total. The Balaban J connectivity index is 0.884. The van der Waals surface area contributed by atoms with Crippen LogP contribution >= 0.6 is 11.3 Å². The van der Waals surface area contributed by atoms with E-state index in [1.165, 1.54) is 120 Å². The third-order valence-electron chi connectivity index (χ3n) is 15.6. The first-order chi connectivity index (χ1) is 34.7. The number of aromatic nitrogens is 1. The maximum atomic E-state index is 2.62. The monoisotopic (exact) mass is 913 g/mol. The van der Waals surface area contributed by atoms with Crippen LogP contribution in [0.1, 0.15) is 69.9 Å². The van der Waals surface area contributed by atoms with E-state index in [9.17, 15) is 0 Å². The third kappa shape index (κ3) is 6.88. The smallest absolute Gasteiger partial charge is 0.0541 e. The van der Waals surface area contributed by atoms with Gasteiger partial charge in [0.05, 0.1) is 11.0 Å². The van der Waals surface area contributed by atoms with Crippen molar-refractivity contribution in [2.24, 2.45) is 5.92 Å². The third-order valence-corrected chi connectivity index (χ3v) is 16.9. The van der Waals surface area contributed by atoms with Gasteiger partial charge in [0.2, 0.25) is 0 Å². The molecule has 0 saturated heterocycles. The molecular formula is C68H51NS. The Kier molecular flexibility index (Phi) is 10.0. The van der Waals surface area contributed by atoms with Crippen LogP contribution in [0.15, 0.2) is 224 Å². The van der Waals surface area contributed by atoms with Gasteiger partial charge in [-0.05, 0) is 164 Å². The topological polar surface area (TPSA) is 4.93 Å². The van der Waals surface area contributed by atoms with Gasteiger partial charge in [-0.15, -0.1) is 11.3 Å². The van der Waals surface area contributed by atoms with E-state index in [2.05, 4.69) is 229 Å². The van der Waals surface area contributed by atoms with E-state index in [-0.39, 0.29) is 5.92 Å². The Morgan fingerprint density at radius 1 is 0.500 bits per heavy atom. The molecule has 0 N–H and O–H groups in total. The van der Waals surface area contributed by atoms with Gasteiger partial charge >= 0.3 is 0 Å². The van der Waals surface area contributed by atoms with Crippen LogP contribution in [-0.2, 0) is 12.8 Å². The molecule has 0 aliphatic heterocycles. The van der Waals surface area contributed by atoms with Gasteiger partial charge in [0, 0.05) is 37.9 Å². The first kappa shape index (κ1) is 41.2. The number of thiophene rings is 1. The molecule has 70 heavy (non-hydrogen) atoms. The molecule has 0 saturated carbocycles. The fourth-order valence-electron chi connectivity index (χ4n) is 12.3. The normalized spacial score (nSPS) is 17.5. The number of allylic oxidation sites excluding steroid dienone is 10. The summed E-state index contributed by atoms with van der Waals surface area (Å²) in [5.74, 6) is 0.582. The average molecular weight is 914 g/mol. The van der Waals surface area contributed by atoms with Crippen LogP contribution in [0.5, 0.6) is 0 Å². The minimum absolute atomic E-state index is 0.211. The molecule has 8 aromatic carbocycles. The summed E-state index contributed by atoms with van der Waals surface area (Å²) >= 11 is 1.98. The highest BCUT2D eigenvalue weighted by Gasteiger charge is 2.29. The highest BCUT2D eigenvalue weighted by molar-refractivity contribution is 7.20. The zero-order valence-corrected chi connectivity index (χ0v) is 39.9. The number of para-hydroxylation sites is 1. The summed E-state index contributed by atoms with van der Waals surface area (Å²) in [6.07, 6.45) is 28.0. The summed E-state index contributed by atoms with van der Waals surface area (Å²) in [6.45, 7) is 0. The molecule has 334 valence electrons. The Bertz CT molecular complexity index is 3940. The predicted molar refractivity (Wildman–Crippen MR) is 300 cm³/mol. The second-order valence-electron chi connectivity index (χ2n) is 19.6. The van der Waals surface area contributed by atoms with Crippen LogP contribution in [0.25, 0.3) is 87.8 Å². The lowest BCUT2D eigenvalue weighted by atomic mass is 9.76. The van der Waals surface area contributed by atoms with E-state index in [0.29, 0.717) is 5.92 Å². The van der Waals surface area contributed by atoms with Crippen LogP contribution in [0, 0.1) is 5.92 Å². The van der Waals surface area contributed by atoms with Crippen molar-refractivity contribution in [2.75, 3.05) is 0 Å². The van der Waals surface area contributed by atoms with Crippen molar-refractivity contribution in [2.45, 2.75) is 44.4 Å². The summed E-state index contributed by atoms with van der Waals surface area (Å²) in [5, 5.41) is 6.61. The summed E-state index contributed by atoms with van der Waals surface area (Å²) in [5.41, 5.74) is 21.4. The van der Waals surface area contributed by atoms with E-state index in [1.54, 1.807) is 5.57 Å². The van der Waals surface area contributed by atoms with E-state index < -0.39 is 0 Å². The van der Waals surface area contributed by atoms with Gasteiger partial charge in [-0.25, -0.2) is 0 Å². The lowest BCUT2D eigenvalue weighted by molar-refractivity contribution is 0.699. The van der Waals surface area contributed by atoms with Crippen molar-refractivity contribution >= 4 is 71.2 Å². The lowest BCUT2D eigenvalue weighted by Gasteiger charge is -2.27. The van der Waals surface area contributed by atoms with Crippen LogP contribution in [0.4, 0.5) is 0 Å². The minimum Gasteiger partial charge on any atom is -0.309 e. The van der Waals surface area contributed by atoms with Crippen molar-refractivity contribution in [3.63, 3.8) is 0 Å². The molecular weight excluding hydrogens is 863 g/mol. The van der Waals surface area contributed by atoms with E-state index in [4.69, 9.17) is 0 Å². The minimum atomic E-state index is 0.211. The van der Waals surface area contributed by atoms with E-state index in [1.807, 2.05) is 11.3 Å². The van der Waals surface area contributed by atoms with Crippen LogP contribution in [0.2, 0.25) is 0 Å². The van der Waals surface area contributed by atoms with Crippen LogP contribution in [0.3, 0.4) is 0 Å². The molecule has 10 aromatic rings. The van der Waals surface area contributed by atoms with Gasteiger partial charge in [-0.3, -0.25) is 0 Å². The molecule has 2 heteroatoms. The van der Waals surface area contributed by atoms with Crippen molar-refractivity contribution < 1.29 is 0 Å². The first-order valence-corrected chi connectivity index (χ1v) is 26.0. The van der Waals surface area contributed by atoms with Crippen molar-refractivity contribution in [1.82, 2.24) is 4.57 Å². The molecule has 0 bridgehead atoms. The largest absolute Gasteiger partial charge is 0.309 e. The molecule has 2 atom stereocenters. The zero-order valence-electron chi connectivity index (χ0n) is 39.1. The van der Waals surface area contributed by atoms with Crippen molar-refractivity contribution in [1.29, 1.82) is 0 Å². The Morgan fingerprint density at radius 2 is 1.23 bits per heavy atom. The average Bonchev–Trinajstić information content (AvgIpc) is 3.98. The summed E-state index contributed by atoms with van der Waals surface area (Å²) in [6, 6.07) is 64.0. The number of rotatable bonds is 7. The predicted octanol–water partition coefficient (Wildman–Crippen LogP) is 18.5. The second kappa shape index (κ2) is 17.0. The number of nitrogens with zero attached hydrogens (tertiary/aromatic N) is 1. The molecule has 0 amide bonds. The number of hydrogen-bond donors (Lipinski definition) is 0. The Morgan fingerprint density at radius 3 is 2.03 bits per heavy atom. The first-order valence-electron chi connectivity index (χ1n) is 25.2. The van der Waals surface area contributed by atoms with Gasteiger partial charge in [-0.2, -0.15) is 0 Å². The summed E-state index contributed by atoms with van der Waals surface area (Å²) in [7, 11) is 0. The van der Waals surface area contributed by atoms with E-state index in [0.717, 1.165) is 38.5 Å². The fourth-order valence-corrected chi connectivity index (χ4v) is 13.6. The standard InChI is InChI=1S/C68H51NS/c1-5-18-44(19-6-1)49-34-37-65-60(39-49)62-43-52(45-20-7-2-8-21-45)42-58(68(62)70-65)51-33-36-64-59(41-51)54-28-15-16-31-63(54)69(64)53-27-17-26-48(38-53)50-32-35-57-61(40-50)67(47-24-11-4-12-25-47)56-30-14-13-29-55(56)66(57)46-22-9-3-10-23-46/h2-5,7,9-20,22-39,41-42,50,52H,1,6,8,21,40,43H2. The molecule has 2 unspecified atom stereocenters. The van der Waals surface area contributed by atoms with Crippen molar-refractivity contribution in [3.05, 3.63) is 262 Å². The van der Waals surface area contributed by atoms with Gasteiger partial charge in [0.1, 0.15) is 0 Å². The molecule has 4 aliphatic rings. The molecule has 2 aromatic heterocycles. The SMILES string of the molecule is C1=CCCC(C2C=C(c3ccc4c(c3)c3ccccc3n4-c3cccc(C4C=Cc5c(c(-c6ccccc6)c6ccccc6c5-c5ccccc5)C4)c3)c3sc4ccc(C5=CCCC=C5)cc4c3C2)=C1. The molecule has 4 aliphatic carbocycles. The number of benzene rings is 8. The fraction of sp³-hybridized carbons (Fsp3) is 0.118. The highest BCUT2D eigenvalue weighted by atomic mass is 32.1. The van der Waals surface area contributed by atoms with Gasteiger partial charge in [0.15, 0.2) is 0 Å². The van der Waals surface area contributed by atoms with Crippen LogP contribution in [-0.4, -0.2) is 4.57 Å². The Labute approximate surface area is 414 Å². The summed E-state index contributed by atoms with van der Waals surface area (Å²) in [4.78, 5) is 1.43. The number of fused-ring (bicyclic) bond motifs is 8. The highest BCUT2D eigenvalue weighted by Crippen LogP contribution is 2.49. The molecule has 0 spiro atoms. The van der Waals surface area contributed by atoms with Crippen LogP contribution < -0.4 is 0 Å². The molecule has 0 radical (unpaired) electrons. The maximum Gasteiger partial charge on any atom is 0.0541 e. The zero-order chi connectivity index (χ0) is 46.1. The quantitative estimate of drug-likeness (QED) is 0.150. The second-order valence-corrected chi connectivity index (χ2v) is 20.7. The lowest BCUT2D eigenvalue weighted by Crippen LogP contribution is -2.12. The van der Waals surface area contributed by atoms with Crippen molar-refractivity contribution in [3.8, 4) is 27.9 Å². The summed E-state index contributed by atoms with van der Waals surface area (Å²) < 4.78 is 3.89. The maximum absolute atomic E-state index is 2.62. The van der Waals surface area contributed by atoms with E-state index >= 15 is 0 Å². The van der Waals surface area contributed by atoms with Gasteiger partial charge in [-0.1, -0.05) is 188 Å².